The molecule has 0 aliphatic carbocycles. The van der Waals surface area contributed by atoms with Crippen molar-refractivity contribution in [3.05, 3.63) is 23.3 Å². The van der Waals surface area contributed by atoms with Crippen LogP contribution in [0, 0.1) is 5.92 Å². The maximum absolute atomic E-state index is 12.7. The van der Waals surface area contributed by atoms with E-state index in [1.165, 1.54) is 12.8 Å². The van der Waals surface area contributed by atoms with Crippen molar-refractivity contribution in [3.63, 3.8) is 0 Å². The lowest BCUT2D eigenvalue weighted by atomic mass is 9.94. The molecule has 0 aromatic carbocycles. The van der Waals surface area contributed by atoms with Crippen LogP contribution in [0.2, 0.25) is 0 Å². The van der Waals surface area contributed by atoms with Gasteiger partial charge in [-0.05, 0) is 33.2 Å². The van der Waals surface area contributed by atoms with Gasteiger partial charge in [-0.3, -0.25) is 9.59 Å². The second-order valence-corrected chi connectivity index (χ2v) is 8.55. The highest BCUT2D eigenvalue weighted by atomic mass is 16.6. The third kappa shape index (κ3) is 3.98. The molecular formula is C20H28N4O3. The van der Waals surface area contributed by atoms with Crippen LogP contribution in [0.5, 0.6) is 0 Å². The number of amides is 1. The highest BCUT2D eigenvalue weighted by molar-refractivity contribution is 5.84. The molecule has 4 heterocycles. The molecule has 2 saturated heterocycles. The number of aromatic nitrogens is 2. The number of nitrogens with one attached hydrogen (secondary N) is 1. The van der Waals surface area contributed by atoms with Crippen molar-refractivity contribution < 1.29 is 14.3 Å². The first kappa shape index (κ1) is 18.3. The molecule has 146 valence electrons. The fourth-order valence-electron chi connectivity index (χ4n) is 4.35. The highest BCUT2D eigenvalue weighted by Gasteiger charge is 2.41. The minimum atomic E-state index is -0.464. The first-order valence-electron chi connectivity index (χ1n) is 10.00. The quantitative estimate of drug-likeness (QED) is 0.816. The molecule has 7 heteroatoms. The zero-order valence-corrected chi connectivity index (χ0v) is 16.2. The second kappa shape index (κ2) is 7.19. The minimum absolute atomic E-state index is 0.0123. The van der Waals surface area contributed by atoms with Crippen LogP contribution in [0.25, 0.3) is 0 Å². The number of carbonyl (C=O) groups excluding carboxylic acids is 2. The van der Waals surface area contributed by atoms with Crippen molar-refractivity contribution in [1.82, 2.24) is 20.2 Å². The molecule has 3 aliphatic rings. The number of hydrogen-bond acceptors (Lipinski definition) is 6. The monoisotopic (exact) mass is 372 g/mol. The Balaban J connectivity index is 1.39. The Morgan fingerprint density at radius 2 is 2.26 bits per heavy atom. The molecule has 1 aromatic rings. The van der Waals surface area contributed by atoms with E-state index >= 15 is 0 Å². The van der Waals surface area contributed by atoms with Gasteiger partial charge in [-0.2, -0.15) is 0 Å². The first-order chi connectivity index (χ1) is 12.9. The SMILES string of the molecule is CC1(C)C[C@H](CC(=O)N2CCc3nc([C@@H]4CCCCN4)ncc3C2)C(=O)O1. The summed E-state index contributed by atoms with van der Waals surface area (Å²) in [6.45, 7) is 5.97. The Morgan fingerprint density at radius 3 is 2.96 bits per heavy atom. The molecule has 1 amide bonds. The molecule has 0 spiro atoms. The van der Waals surface area contributed by atoms with E-state index in [0.29, 0.717) is 19.5 Å². The van der Waals surface area contributed by atoms with E-state index in [9.17, 15) is 9.59 Å². The van der Waals surface area contributed by atoms with E-state index in [-0.39, 0.29) is 30.3 Å². The number of carbonyl (C=O) groups is 2. The Morgan fingerprint density at radius 1 is 1.41 bits per heavy atom. The summed E-state index contributed by atoms with van der Waals surface area (Å²) in [5, 5.41) is 3.49. The molecule has 0 radical (unpaired) electrons. The molecule has 3 aliphatic heterocycles. The fraction of sp³-hybridized carbons (Fsp3) is 0.700. The van der Waals surface area contributed by atoms with Crippen molar-refractivity contribution in [3.8, 4) is 0 Å². The van der Waals surface area contributed by atoms with Crippen molar-refractivity contribution >= 4 is 11.9 Å². The van der Waals surface area contributed by atoms with Gasteiger partial charge >= 0.3 is 5.97 Å². The minimum Gasteiger partial charge on any atom is -0.459 e. The van der Waals surface area contributed by atoms with Gasteiger partial charge in [0.25, 0.3) is 0 Å². The summed E-state index contributed by atoms with van der Waals surface area (Å²) in [6, 6.07) is 0.250. The van der Waals surface area contributed by atoms with Gasteiger partial charge in [0.2, 0.25) is 5.91 Å². The van der Waals surface area contributed by atoms with Crippen LogP contribution in [0.4, 0.5) is 0 Å². The van der Waals surface area contributed by atoms with Gasteiger partial charge in [0, 0.05) is 44.1 Å². The van der Waals surface area contributed by atoms with Crippen LogP contribution in [-0.4, -0.2) is 45.4 Å². The van der Waals surface area contributed by atoms with Gasteiger partial charge in [-0.1, -0.05) is 6.42 Å². The molecule has 1 N–H and O–H groups in total. The lowest BCUT2D eigenvalue weighted by Gasteiger charge is -2.30. The summed E-state index contributed by atoms with van der Waals surface area (Å²) >= 11 is 0. The van der Waals surface area contributed by atoms with Crippen LogP contribution in [0.3, 0.4) is 0 Å². The van der Waals surface area contributed by atoms with E-state index in [1.807, 2.05) is 24.9 Å². The van der Waals surface area contributed by atoms with Crippen LogP contribution >= 0.6 is 0 Å². The number of hydrogen-bond donors (Lipinski definition) is 1. The van der Waals surface area contributed by atoms with Gasteiger partial charge in [0.15, 0.2) is 0 Å². The summed E-state index contributed by atoms with van der Waals surface area (Å²) in [5.41, 5.74) is 1.61. The summed E-state index contributed by atoms with van der Waals surface area (Å²) in [7, 11) is 0. The molecule has 4 rings (SSSR count). The molecule has 1 aromatic heterocycles. The Labute approximate surface area is 159 Å². The normalized spacial score (nSPS) is 27.2. The van der Waals surface area contributed by atoms with Gasteiger partial charge in [0.1, 0.15) is 11.4 Å². The van der Waals surface area contributed by atoms with Gasteiger partial charge < -0.3 is 15.0 Å². The summed E-state index contributed by atoms with van der Waals surface area (Å²) in [6.07, 6.45) is 6.94. The zero-order chi connectivity index (χ0) is 19.0. The molecule has 0 unspecified atom stereocenters. The Kier molecular flexibility index (Phi) is 4.88. The third-order valence-corrected chi connectivity index (χ3v) is 5.80. The Bertz CT molecular complexity index is 743. The van der Waals surface area contributed by atoms with Crippen molar-refractivity contribution in [2.75, 3.05) is 13.1 Å². The van der Waals surface area contributed by atoms with Crippen molar-refractivity contribution in [1.29, 1.82) is 0 Å². The van der Waals surface area contributed by atoms with Crippen molar-refractivity contribution in [2.45, 2.75) is 70.6 Å². The molecule has 7 nitrogen and oxygen atoms in total. The number of nitrogens with zero attached hydrogens (tertiary/aromatic N) is 3. The van der Waals surface area contributed by atoms with Crippen molar-refractivity contribution in [2.24, 2.45) is 5.92 Å². The average molecular weight is 372 g/mol. The topological polar surface area (TPSA) is 84.4 Å². The van der Waals surface area contributed by atoms with E-state index in [0.717, 1.165) is 36.5 Å². The zero-order valence-electron chi connectivity index (χ0n) is 16.2. The maximum atomic E-state index is 12.7. The Hall–Kier alpha value is -2.02. The summed E-state index contributed by atoms with van der Waals surface area (Å²) < 4.78 is 5.34. The first-order valence-corrected chi connectivity index (χ1v) is 10.00. The van der Waals surface area contributed by atoms with E-state index < -0.39 is 5.60 Å². The van der Waals surface area contributed by atoms with E-state index in [2.05, 4.69) is 10.3 Å². The number of fused-ring (bicyclic) bond motifs is 1. The fourth-order valence-corrected chi connectivity index (χ4v) is 4.35. The molecule has 0 bridgehead atoms. The van der Waals surface area contributed by atoms with Gasteiger partial charge in [-0.25, -0.2) is 9.97 Å². The number of rotatable bonds is 3. The second-order valence-electron chi connectivity index (χ2n) is 8.55. The molecule has 0 saturated carbocycles. The third-order valence-electron chi connectivity index (χ3n) is 5.80. The summed E-state index contributed by atoms with van der Waals surface area (Å²) in [5.74, 6) is 0.311. The number of esters is 1. The van der Waals surface area contributed by atoms with Crippen LogP contribution < -0.4 is 5.32 Å². The molecule has 2 fully saturated rings. The summed E-state index contributed by atoms with van der Waals surface area (Å²) in [4.78, 5) is 35.8. The number of piperidine rings is 1. The molecule has 2 atom stereocenters. The highest BCUT2D eigenvalue weighted by Crippen LogP contribution is 2.33. The smallest absolute Gasteiger partial charge is 0.310 e. The maximum Gasteiger partial charge on any atom is 0.310 e. The average Bonchev–Trinajstić information content (AvgIpc) is 2.92. The van der Waals surface area contributed by atoms with E-state index in [4.69, 9.17) is 9.72 Å². The van der Waals surface area contributed by atoms with Gasteiger partial charge in [0.05, 0.1) is 17.7 Å². The van der Waals surface area contributed by atoms with Crippen LogP contribution in [0.1, 0.15) is 69.1 Å². The molecular weight excluding hydrogens is 344 g/mol. The largest absolute Gasteiger partial charge is 0.459 e. The lowest BCUT2D eigenvalue weighted by molar-refractivity contribution is -0.150. The predicted octanol–water partition coefficient (Wildman–Crippen LogP) is 1.91. The van der Waals surface area contributed by atoms with Crippen LogP contribution in [-0.2, 0) is 27.3 Å². The predicted molar refractivity (Wildman–Crippen MR) is 98.6 cm³/mol. The van der Waals surface area contributed by atoms with Crippen LogP contribution in [0.15, 0.2) is 6.20 Å². The molecule has 27 heavy (non-hydrogen) atoms. The van der Waals surface area contributed by atoms with Gasteiger partial charge in [-0.15, -0.1) is 0 Å². The number of cyclic esters (lactones) is 1. The van der Waals surface area contributed by atoms with E-state index in [1.54, 1.807) is 0 Å². The number of ether oxygens (including phenoxy) is 1. The standard InChI is InChI=1S/C20H28N4O3/c1-20(2)10-13(19(26)27-20)9-17(25)24-8-6-15-14(12-24)11-22-18(23-15)16-5-3-4-7-21-16/h11,13,16,21H,3-10,12H2,1-2H3/t13-,16-/m0/s1. The lowest BCUT2D eigenvalue weighted by Crippen LogP contribution is -2.38.